The third kappa shape index (κ3) is 3.98. The number of amides is 2. The molecule has 19 heavy (non-hydrogen) atoms. The number of nitrogens with one attached hydrogen (secondary N) is 1. The minimum absolute atomic E-state index is 0.128. The van der Waals surface area contributed by atoms with Crippen LogP contribution in [0.25, 0.3) is 0 Å². The molecule has 2 amide bonds. The van der Waals surface area contributed by atoms with Crippen LogP contribution in [-0.2, 0) is 4.79 Å². The maximum atomic E-state index is 12.0. The summed E-state index contributed by atoms with van der Waals surface area (Å²) in [4.78, 5) is 24.6. The SMILES string of the molecule is CC(C)(C)C1=CCN(C(=O)NC(C)(C)C(=O)O)CC1. The fraction of sp³-hybridized carbons (Fsp3) is 0.714. The number of hydrogen-bond donors (Lipinski definition) is 2. The van der Waals surface area contributed by atoms with Crippen molar-refractivity contribution in [3.63, 3.8) is 0 Å². The number of carbonyl (C=O) groups excluding carboxylic acids is 1. The minimum Gasteiger partial charge on any atom is -0.480 e. The van der Waals surface area contributed by atoms with Crippen LogP contribution < -0.4 is 5.32 Å². The van der Waals surface area contributed by atoms with Crippen molar-refractivity contribution in [3.8, 4) is 0 Å². The van der Waals surface area contributed by atoms with Gasteiger partial charge in [-0.15, -0.1) is 0 Å². The standard InChI is InChI=1S/C14H24N2O3/c1-13(2,3)10-6-8-16(9-7-10)12(19)15-14(4,5)11(17)18/h6H,7-9H2,1-5H3,(H,15,19)(H,17,18). The molecule has 0 bridgehead atoms. The zero-order valence-corrected chi connectivity index (χ0v) is 12.4. The summed E-state index contributed by atoms with van der Waals surface area (Å²) >= 11 is 0. The average Bonchev–Trinajstić information content (AvgIpc) is 2.27. The first-order valence-corrected chi connectivity index (χ1v) is 6.54. The Hall–Kier alpha value is -1.52. The van der Waals surface area contributed by atoms with Crippen molar-refractivity contribution in [2.75, 3.05) is 13.1 Å². The Balaban J connectivity index is 2.64. The molecular formula is C14H24N2O3. The van der Waals surface area contributed by atoms with E-state index in [0.29, 0.717) is 13.1 Å². The highest BCUT2D eigenvalue weighted by atomic mass is 16.4. The van der Waals surface area contributed by atoms with E-state index < -0.39 is 11.5 Å². The van der Waals surface area contributed by atoms with E-state index >= 15 is 0 Å². The van der Waals surface area contributed by atoms with Gasteiger partial charge in [-0.05, 0) is 25.7 Å². The normalized spacial score (nSPS) is 16.9. The molecular weight excluding hydrogens is 244 g/mol. The zero-order valence-electron chi connectivity index (χ0n) is 12.4. The Morgan fingerprint density at radius 3 is 2.21 bits per heavy atom. The Morgan fingerprint density at radius 2 is 1.84 bits per heavy atom. The number of carboxylic acids is 1. The summed E-state index contributed by atoms with van der Waals surface area (Å²) < 4.78 is 0. The van der Waals surface area contributed by atoms with Gasteiger partial charge in [0.25, 0.3) is 0 Å². The van der Waals surface area contributed by atoms with Gasteiger partial charge in [0.15, 0.2) is 0 Å². The summed E-state index contributed by atoms with van der Waals surface area (Å²) in [7, 11) is 0. The van der Waals surface area contributed by atoms with Crippen LogP contribution in [0.15, 0.2) is 11.6 Å². The topological polar surface area (TPSA) is 69.6 Å². The molecule has 1 aliphatic rings. The largest absolute Gasteiger partial charge is 0.480 e. The van der Waals surface area contributed by atoms with Crippen molar-refractivity contribution in [1.29, 1.82) is 0 Å². The highest BCUT2D eigenvalue weighted by Crippen LogP contribution is 2.30. The molecule has 5 heteroatoms. The van der Waals surface area contributed by atoms with E-state index in [-0.39, 0.29) is 11.4 Å². The average molecular weight is 268 g/mol. The molecule has 1 rings (SSSR count). The summed E-state index contributed by atoms with van der Waals surface area (Å²) in [5, 5.41) is 11.5. The zero-order chi connectivity index (χ0) is 14.8. The Labute approximate surface area is 114 Å². The second-order valence-corrected chi connectivity index (χ2v) is 6.54. The Morgan fingerprint density at radius 1 is 1.26 bits per heavy atom. The highest BCUT2D eigenvalue weighted by molar-refractivity contribution is 5.85. The molecule has 0 aromatic carbocycles. The molecule has 0 fully saturated rings. The van der Waals surface area contributed by atoms with Gasteiger partial charge < -0.3 is 15.3 Å². The van der Waals surface area contributed by atoms with Crippen LogP contribution in [0.2, 0.25) is 0 Å². The van der Waals surface area contributed by atoms with Gasteiger partial charge in [0.05, 0.1) is 0 Å². The molecule has 0 aromatic rings. The van der Waals surface area contributed by atoms with Crippen molar-refractivity contribution in [2.45, 2.75) is 46.6 Å². The molecule has 1 aliphatic heterocycles. The number of hydrogen-bond acceptors (Lipinski definition) is 2. The van der Waals surface area contributed by atoms with Crippen LogP contribution in [0.5, 0.6) is 0 Å². The van der Waals surface area contributed by atoms with Gasteiger partial charge in [-0.2, -0.15) is 0 Å². The second-order valence-electron chi connectivity index (χ2n) is 6.54. The molecule has 0 aromatic heterocycles. The number of carbonyl (C=O) groups is 2. The predicted octanol–water partition coefficient (Wildman–Crippen LogP) is 2.24. The molecule has 108 valence electrons. The lowest BCUT2D eigenvalue weighted by molar-refractivity contribution is -0.143. The van der Waals surface area contributed by atoms with E-state index in [9.17, 15) is 9.59 Å². The summed E-state index contributed by atoms with van der Waals surface area (Å²) in [5.41, 5.74) is 0.225. The number of urea groups is 1. The molecule has 0 saturated carbocycles. The molecule has 2 N–H and O–H groups in total. The molecule has 0 atom stereocenters. The third-order valence-electron chi connectivity index (χ3n) is 3.41. The van der Waals surface area contributed by atoms with E-state index in [1.165, 1.54) is 19.4 Å². The van der Waals surface area contributed by atoms with Gasteiger partial charge in [-0.25, -0.2) is 9.59 Å². The van der Waals surface area contributed by atoms with E-state index in [4.69, 9.17) is 5.11 Å². The lowest BCUT2D eigenvalue weighted by Gasteiger charge is -2.33. The molecule has 1 heterocycles. The van der Waals surface area contributed by atoms with Crippen LogP contribution in [0.1, 0.15) is 41.0 Å². The van der Waals surface area contributed by atoms with E-state index in [1.807, 2.05) is 0 Å². The van der Waals surface area contributed by atoms with Crippen molar-refractivity contribution < 1.29 is 14.7 Å². The Kier molecular flexibility index (Phi) is 4.28. The van der Waals surface area contributed by atoms with Crippen molar-refractivity contribution in [1.82, 2.24) is 10.2 Å². The van der Waals surface area contributed by atoms with E-state index in [0.717, 1.165) is 6.42 Å². The van der Waals surface area contributed by atoms with Crippen LogP contribution in [-0.4, -0.2) is 40.6 Å². The number of nitrogens with zero attached hydrogens (tertiary/aromatic N) is 1. The molecule has 0 spiro atoms. The first kappa shape index (κ1) is 15.5. The van der Waals surface area contributed by atoms with Gasteiger partial charge in [-0.1, -0.05) is 32.4 Å². The van der Waals surface area contributed by atoms with E-state index in [2.05, 4.69) is 32.2 Å². The van der Waals surface area contributed by atoms with Gasteiger partial charge in [-0.3, -0.25) is 0 Å². The lowest BCUT2D eigenvalue weighted by Crippen LogP contribution is -2.55. The Bertz CT molecular complexity index is 405. The van der Waals surface area contributed by atoms with Gasteiger partial charge in [0.1, 0.15) is 5.54 Å². The molecule has 5 nitrogen and oxygen atoms in total. The fourth-order valence-electron chi connectivity index (χ4n) is 1.93. The molecule has 0 aliphatic carbocycles. The van der Waals surface area contributed by atoms with Crippen molar-refractivity contribution in [2.24, 2.45) is 5.41 Å². The summed E-state index contributed by atoms with van der Waals surface area (Å²) in [6.45, 7) is 10.6. The fourth-order valence-corrected chi connectivity index (χ4v) is 1.93. The lowest BCUT2D eigenvalue weighted by atomic mass is 9.83. The molecule has 0 radical (unpaired) electrons. The van der Waals surface area contributed by atoms with Gasteiger partial charge in [0.2, 0.25) is 0 Å². The smallest absolute Gasteiger partial charge is 0.328 e. The predicted molar refractivity (Wildman–Crippen MR) is 74.0 cm³/mol. The van der Waals surface area contributed by atoms with Crippen LogP contribution in [0.3, 0.4) is 0 Å². The quantitative estimate of drug-likeness (QED) is 0.755. The van der Waals surface area contributed by atoms with Crippen LogP contribution in [0.4, 0.5) is 4.79 Å². The summed E-state index contributed by atoms with van der Waals surface area (Å²) in [6, 6.07) is -0.323. The van der Waals surface area contributed by atoms with Crippen molar-refractivity contribution in [3.05, 3.63) is 11.6 Å². The van der Waals surface area contributed by atoms with Gasteiger partial charge >= 0.3 is 12.0 Å². The maximum absolute atomic E-state index is 12.0. The monoisotopic (exact) mass is 268 g/mol. The maximum Gasteiger partial charge on any atom is 0.328 e. The summed E-state index contributed by atoms with van der Waals surface area (Å²) in [6.07, 6.45) is 2.90. The number of rotatable bonds is 2. The molecule has 0 unspecified atom stereocenters. The highest BCUT2D eigenvalue weighted by Gasteiger charge is 2.31. The minimum atomic E-state index is -1.24. The first-order chi connectivity index (χ1) is 8.54. The van der Waals surface area contributed by atoms with E-state index in [1.54, 1.807) is 4.90 Å². The number of carboxylic acid groups (broad SMARTS) is 1. The van der Waals surface area contributed by atoms with Crippen LogP contribution in [0, 0.1) is 5.41 Å². The van der Waals surface area contributed by atoms with Gasteiger partial charge in [0, 0.05) is 13.1 Å². The summed E-state index contributed by atoms with van der Waals surface area (Å²) in [5.74, 6) is -1.04. The molecule has 0 saturated heterocycles. The van der Waals surface area contributed by atoms with Crippen molar-refractivity contribution >= 4 is 12.0 Å². The second kappa shape index (κ2) is 5.23. The number of aliphatic carboxylic acids is 1. The first-order valence-electron chi connectivity index (χ1n) is 6.54. The third-order valence-corrected chi connectivity index (χ3v) is 3.41. The van der Waals surface area contributed by atoms with Crippen LogP contribution >= 0.6 is 0 Å².